The van der Waals surface area contributed by atoms with Crippen LogP contribution in [0.3, 0.4) is 0 Å². The van der Waals surface area contributed by atoms with E-state index < -0.39 is 13.9 Å². The van der Waals surface area contributed by atoms with Gasteiger partial charge in [0.2, 0.25) is 0 Å². The minimum absolute atomic E-state index is 0.0924. The Labute approximate surface area is 228 Å². The van der Waals surface area contributed by atoms with E-state index in [1.54, 1.807) is 12.1 Å². The topological polar surface area (TPSA) is 77.1 Å². The second-order valence-electron chi connectivity index (χ2n) is 12.8. The third-order valence-electron chi connectivity index (χ3n) is 7.32. The zero-order valence-electron chi connectivity index (χ0n) is 24.9. The fourth-order valence-corrected chi connectivity index (χ4v) is 5.10. The summed E-state index contributed by atoms with van der Waals surface area (Å²) in [6, 6.07) is 9.14. The van der Waals surface area contributed by atoms with E-state index in [0.29, 0.717) is 41.4 Å². The number of ether oxygens (including phenoxy) is 2. The van der Waals surface area contributed by atoms with Crippen molar-refractivity contribution in [3.63, 3.8) is 0 Å². The number of carbonyl (C=O) groups excluding carboxylic acids is 2. The van der Waals surface area contributed by atoms with Gasteiger partial charge in [-0.25, -0.2) is 5.01 Å². The molecule has 1 aliphatic rings. The number of nitrogens with zero attached hydrogens (tertiary/aromatic N) is 1. The smallest absolute Gasteiger partial charge is 0.272 e. The number of carbonyl (C=O) groups is 2. The predicted molar refractivity (Wildman–Crippen MR) is 154 cm³/mol. The molecule has 208 valence electrons. The lowest BCUT2D eigenvalue weighted by atomic mass is 10.0. The molecular formula is C30H44N2O5Si. The maximum atomic E-state index is 13.5. The largest absolute Gasteiger partial charge is 0.486 e. The first-order valence-electron chi connectivity index (χ1n) is 13.2. The van der Waals surface area contributed by atoms with Crippen LogP contribution in [0.4, 0.5) is 0 Å². The van der Waals surface area contributed by atoms with E-state index >= 15 is 0 Å². The van der Waals surface area contributed by atoms with Crippen molar-refractivity contribution in [1.29, 1.82) is 0 Å². The van der Waals surface area contributed by atoms with Crippen LogP contribution in [0.25, 0.3) is 0 Å². The average Bonchev–Trinajstić information content (AvgIpc) is 2.79. The molecule has 2 aromatic rings. The van der Waals surface area contributed by atoms with Gasteiger partial charge in [-0.1, -0.05) is 38.0 Å². The molecule has 0 aliphatic carbocycles. The fraction of sp³-hybridized carbons (Fsp3) is 0.533. The second kappa shape index (κ2) is 10.7. The molecular weight excluding hydrogens is 496 g/mol. The Balaban J connectivity index is 1.82. The van der Waals surface area contributed by atoms with Gasteiger partial charge >= 0.3 is 0 Å². The molecule has 1 N–H and O–H groups in total. The Morgan fingerprint density at radius 1 is 1.03 bits per heavy atom. The Bertz CT molecular complexity index is 1190. The van der Waals surface area contributed by atoms with Crippen molar-refractivity contribution in [2.24, 2.45) is 0 Å². The SMILES string of the molecule is Cc1cc(C)cc(C(=O)N(NC(=O)c2ccc3c(c2C)O[C@@H](CO[Si](C)(C)C(C)(C)C)CO3)C(C)(C)C)c1. The van der Waals surface area contributed by atoms with Crippen LogP contribution < -0.4 is 14.9 Å². The Morgan fingerprint density at radius 2 is 1.63 bits per heavy atom. The quantitative estimate of drug-likeness (QED) is 0.353. The number of nitrogens with one attached hydrogen (secondary N) is 1. The van der Waals surface area contributed by atoms with Crippen molar-refractivity contribution in [2.45, 2.75) is 92.1 Å². The molecule has 0 spiro atoms. The maximum absolute atomic E-state index is 13.5. The highest BCUT2D eigenvalue weighted by molar-refractivity contribution is 6.74. The van der Waals surface area contributed by atoms with Crippen LogP contribution >= 0.6 is 0 Å². The lowest BCUT2D eigenvalue weighted by molar-refractivity contribution is 0.0355. The molecule has 0 bridgehead atoms. The van der Waals surface area contributed by atoms with Crippen LogP contribution in [0.15, 0.2) is 30.3 Å². The van der Waals surface area contributed by atoms with E-state index in [-0.39, 0.29) is 23.0 Å². The van der Waals surface area contributed by atoms with Crippen LogP contribution in [0, 0.1) is 20.8 Å². The standard InChI is InChI=1S/C30H44N2O5Si/c1-19-14-20(2)16-22(15-19)28(34)32(29(4,5)6)31-27(33)24-12-13-25-26(21(24)3)37-23(17-35-25)18-36-38(10,11)30(7,8)9/h12-16,23H,17-18H2,1-11H3,(H,31,33)/t23-/m1/s1. The molecule has 0 fully saturated rings. The molecule has 0 saturated heterocycles. The van der Waals surface area contributed by atoms with Crippen LogP contribution in [0.1, 0.15) is 78.9 Å². The lowest BCUT2D eigenvalue weighted by Gasteiger charge is -2.38. The highest BCUT2D eigenvalue weighted by Crippen LogP contribution is 2.39. The summed E-state index contributed by atoms with van der Waals surface area (Å²) < 4.78 is 18.6. The van der Waals surface area contributed by atoms with Crippen molar-refractivity contribution in [3.8, 4) is 11.5 Å². The highest BCUT2D eigenvalue weighted by atomic mass is 28.4. The maximum Gasteiger partial charge on any atom is 0.272 e. The van der Waals surface area contributed by atoms with Gasteiger partial charge in [-0.2, -0.15) is 0 Å². The molecule has 3 rings (SSSR count). The molecule has 1 atom stereocenters. The molecule has 8 heteroatoms. The molecule has 2 amide bonds. The lowest BCUT2D eigenvalue weighted by Crippen LogP contribution is -2.56. The van der Waals surface area contributed by atoms with E-state index in [1.807, 2.05) is 59.7 Å². The second-order valence-corrected chi connectivity index (χ2v) is 17.6. The van der Waals surface area contributed by atoms with Crippen LogP contribution in [-0.4, -0.2) is 50.0 Å². The van der Waals surface area contributed by atoms with E-state index in [2.05, 4.69) is 39.3 Å². The number of amides is 2. The average molecular weight is 541 g/mol. The summed E-state index contributed by atoms with van der Waals surface area (Å²) in [7, 11) is -1.94. The van der Waals surface area contributed by atoms with Crippen molar-refractivity contribution in [2.75, 3.05) is 13.2 Å². The summed E-state index contributed by atoms with van der Waals surface area (Å²) in [6.45, 7) is 23.2. The molecule has 0 aromatic heterocycles. The van der Waals surface area contributed by atoms with Crippen molar-refractivity contribution in [3.05, 3.63) is 58.1 Å². The number of aryl methyl sites for hydroxylation is 2. The van der Waals surface area contributed by atoms with Gasteiger partial charge < -0.3 is 13.9 Å². The molecule has 38 heavy (non-hydrogen) atoms. The molecule has 0 saturated carbocycles. The van der Waals surface area contributed by atoms with E-state index in [9.17, 15) is 9.59 Å². The summed E-state index contributed by atoms with van der Waals surface area (Å²) in [5.41, 5.74) is 5.79. The minimum Gasteiger partial charge on any atom is -0.486 e. The minimum atomic E-state index is -1.94. The summed E-state index contributed by atoms with van der Waals surface area (Å²) >= 11 is 0. The van der Waals surface area contributed by atoms with Gasteiger partial charge in [-0.15, -0.1) is 0 Å². The molecule has 7 nitrogen and oxygen atoms in total. The van der Waals surface area contributed by atoms with E-state index in [0.717, 1.165) is 11.1 Å². The van der Waals surface area contributed by atoms with Crippen LogP contribution in [0.2, 0.25) is 18.1 Å². The summed E-state index contributed by atoms with van der Waals surface area (Å²) in [6.07, 6.45) is -0.272. The fourth-order valence-electron chi connectivity index (χ4n) is 4.07. The van der Waals surface area contributed by atoms with Crippen molar-refractivity contribution < 1.29 is 23.5 Å². The van der Waals surface area contributed by atoms with E-state index in [1.165, 1.54) is 5.01 Å². The van der Waals surface area contributed by atoms with Gasteiger partial charge in [-0.3, -0.25) is 15.0 Å². The molecule has 0 radical (unpaired) electrons. The van der Waals surface area contributed by atoms with Crippen molar-refractivity contribution >= 4 is 20.1 Å². The number of benzene rings is 2. The van der Waals surface area contributed by atoms with Gasteiger partial charge in [0.05, 0.1) is 12.1 Å². The summed E-state index contributed by atoms with van der Waals surface area (Å²) in [5.74, 6) is 0.481. The summed E-state index contributed by atoms with van der Waals surface area (Å²) in [4.78, 5) is 27.0. The van der Waals surface area contributed by atoms with Gasteiger partial charge in [0.1, 0.15) is 6.61 Å². The zero-order chi connectivity index (χ0) is 28.6. The monoisotopic (exact) mass is 540 g/mol. The molecule has 0 unspecified atom stereocenters. The first-order valence-corrected chi connectivity index (χ1v) is 16.1. The van der Waals surface area contributed by atoms with Crippen LogP contribution in [-0.2, 0) is 4.43 Å². The number of fused-ring (bicyclic) bond motifs is 1. The van der Waals surface area contributed by atoms with Gasteiger partial charge in [-0.05, 0) is 83.9 Å². The first kappa shape index (κ1) is 29.7. The third-order valence-corrected chi connectivity index (χ3v) is 11.8. The van der Waals surface area contributed by atoms with Crippen molar-refractivity contribution in [1.82, 2.24) is 10.4 Å². The number of hydrogen-bond acceptors (Lipinski definition) is 5. The summed E-state index contributed by atoms with van der Waals surface area (Å²) in [5, 5.41) is 1.49. The van der Waals surface area contributed by atoms with Crippen LogP contribution in [0.5, 0.6) is 11.5 Å². The Kier molecular flexibility index (Phi) is 8.39. The molecule has 1 aliphatic heterocycles. The van der Waals surface area contributed by atoms with Gasteiger partial charge in [0, 0.05) is 16.7 Å². The van der Waals surface area contributed by atoms with E-state index in [4.69, 9.17) is 13.9 Å². The zero-order valence-corrected chi connectivity index (χ0v) is 25.9. The third kappa shape index (κ3) is 6.59. The molecule has 1 heterocycles. The highest BCUT2D eigenvalue weighted by Gasteiger charge is 2.38. The Morgan fingerprint density at radius 3 is 2.18 bits per heavy atom. The normalized spacial score (nSPS) is 15.7. The Hall–Kier alpha value is -2.84. The number of hydrazine groups is 1. The van der Waals surface area contributed by atoms with Gasteiger partial charge in [0.15, 0.2) is 25.9 Å². The predicted octanol–water partition coefficient (Wildman–Crippen LogP) is 6.36. The number of rotatable bonds is 5. The van der Waals surface area contributed by atoms with Gasteiger partial charge in [0.25, 0.3) is 11.8 Å². The first-order chi connectivity index (χ1) is 17.4. The molecule has 2 aromatic carbocycles. The number of hydrogen-bond donors (Lipinski definition) is 1.